The van der Waals surface area contributed by atoms with Crippen molar-refractivity contribution >= 4 is 21.8 Å². The van der Waals surface area contributed by atoms with Gasteiger partial charge in [-0.15, -0.1) is 0 Å². The average molecular weight is 310 g/mol. The predicted molar refractivity (Wildman–Crippen MR) is 77.7 cm³/mol. The van der Waals surface area contributed by atoms with Crippen LogP contribution < -0.4 is 5.32 Å². The minimum absolute atomic E-state index is 0.0403. The summed E-state index contributed by atoms with van der Waals surface area (Å²) in [4.78, 5) is 12.1. The minimum Gasteiger partial charge on any atom is -0.352 e. The van der Waals surface area contributed by atoms with Crippen LogP contribution in [0.5, 0.6) is 0 Å². The van der Waals surface area contributed by atoms with Gasteiger partial charge in [0.05, 0.1) is 0 Å². The summed E-state index contributed by atoms with van der Waals surface area (Å²) in [7, 11) is 0. The van der Waals surface area contributed by atoms with Crippen LogP contribution in [0.1, 0.15) is 42.1 Å². The summed E-state index contributed by atoms with van der Waals surface area (Å²) in [6.07, 6.45) is 3.85. The maximum absolute atomic E-state index is 12.1. The van der Waals surface area contributed by atoms with E-state index in [2.05, 4.69) is 28.2 Å². The molecule has 1 saturated carbocycles. The van der Waals surface area contributed by atoms with Crippen LogP contribution in [0, 0.1) is 18.8 Å². The van der Waals surface area contributed by atoms with Crippen LogP contribution in [0.2, 0.25) is 0 Å². The molecule has 2 rings (SSSR count). The van der Waals surface area contributed by atoms with Crippen molar-refractivity contribution in [3.63, 3.8) is 0 Å². The van der Waals surface area contributed by atoms with Crippen LogP contribution in [-0.2, 0) is 0 Å². The average Bonchev–Trinajstić information content (AvgIpc) is 2.70. The number of amides is 1. The molecule has 98 valence electrons. The van der Waals surface area contributed by atoms with E-state index >= 15 is 0 Å². The number of carbonyl (C=O) groups excluding carboxylic acids is 1. The Hall–Kier alpha value is -0.830. The number of benzene rings is 1. The van der Waals surface area contributed by atoms with E-state index in [0.29, 0.717) is 5.92 Å². The van der Waals surface area contributed by atoms with Crippen LogP contribution >= 0.6 is 15.9 Å². The van der Waals surface area contributed by atoms with Gasteiger partial charge in [-0.25, -0.2) is 0 Å². The Morgan fingerprint density at radius 2 is 2.17 bits per heavy atom. The fourth-order valence-electron chi connectivity index (χ4n) is 2.72. The molecule has 0 radical (unpaired) electrons. The van der Waals surface area contributed by atoms with E-state index in [4.69, 9.17) is 0 Å². The van der Waals surface area contributed by atoms with E-state index in [9.17, 15) is 4.79 Å². The highest BCUT2D eigenvalue weighted by molar-refractivity contribution is 9.10. The van der Waals surface area contributed by atoms with Crippen molar-refractivity contribution < 1.29 is 4.79 Å². The lowest BCUT2D eigenvalue weighted by molar-refractivity contribution is 0.0944. The largest absolute Gasteiger partial charge is 0.352 e. The highest BCUT2D eigenvalue weighted by atomic mass is 79.9. The number of carbonyl (C=O) groups is 1. The second-order valence-electron chi connectivity index (χ2n) is 5.40. The smallest absolute Gasteiger partial charge is 0.251 e. The lowest BCUT2D eigenvalue weighted by Crippen LogP contribution is -2.30. The molecule has 1 amide bonds. The van der Waals surface area contributed by atoms with Crippen molar-refractivity contribution in [3.05, 3.63) is 33.8 Å². The molecule has 18 heavy (non-hydrogen) atoms. The summed E-state index contributed by atoms with van der Waals surface area (Å²) in [6.45, 7) is 5.10. The Labute approximate surface area is 117 Å². The van der Waals surface area contributed by atoms with Crippen molar-refractivity contribution in [1.82, 2.24) is 5.32 Å². The molecule has 3 heteroatoms. The second kappa shape index (κ2) is 5.87. The molecular formula is C15H20BrNO. The van der Waals surface area contributed by atoms with Gasteiger partial charge in [0.25, 0.3) is 5.91 Å². The zero-order valence-electron chi connectivity index (χ0n) is 11.0. The summed E-state index contributed by atoms with van der Waals surface area (Å²) in [5.74, 6) is 1.44. The first kappa shape index (κ1) is 13.6. The Kier molecular flexibility index (Phi) is 4.44. The van der Waals surface area contributed by atoms with Crippen LogP contribution in [0.3, 0.4) is 0 Å². The quantitative estimate of drug-likeness (QED) is 0.900. The molecule has 0 aromatic heterocycles. The Morgan fingerprint density at radius 3 is 2.78 bits per heavy atom. The number of rotatable bonds is 3. The molecule has 1 aliphatic rings. The number of halogens is 1. The van der Waals surface area contributed by atoms with Crippen molar-refractivity contribution in [2.45, 2.75) is 33.1 Å². The number of hydrogen-bond acceptors (Lipinski definition) is 1. The zero-order valence-corrected chi connectivity index (χ0v) is 12.6. The van der Waals surface area contributed by atoms with Gasteiger partial charge in [-0.05, 0) is 48.9 Å². The fraction of sp³-hybridized carbons (Fsp3) is 0.533. The van der Waals surface area contributed by atoms with E-state index in [0.717, 1.165) is 28.1 Å². The van der Waals surface area contributed by atoms with Crippen LogP contribution in [0.4, 0.5) is 0 Å². The summed E-state index contributed by atoms with van der Waals surface area (Å²) < 4.78 is 0.960. The van der Waals surface area contributed by atoms with E-state index in [-0.39, 0.29) is 5.91 Å². The van der Waals surface area contributed by atoms with Crippen molar-refractivity contribution in [1.29, 1.82) is 0 Å². The molecule has 1 aromatic rings. The molecule has 0 spiro atoms. The second-order valence-corrected chi connectivity index (χ2v) is 6.31. The zero-order chi connectivity index (χ0) is 13.1. The monoisotopic (exact) mass is 309 g/mol. The minimum atomic E-state index is 0.0403. The van der Waals surface area contributed by atoms with Gasteiger partial charge >= 0.3 is 0 Å². The van der Waals surface area contributed by atoms with Crippen molar-refractivity contribution in [3.8, 4) is 0 Å². The maximum atomic E-state index is 12.1. The third-order valence-corrected chi connectivity index (χ3v) is 4.33. The van der Waals surface area contributed by atoms with Crippen molar-refractivity contribution in [2.75, 3.05) is 6.54 Å². The lowest BCUT2D eigenvalue weighted by Gasteiger charge is -2.16. The molecule has 0 bridgehead atoms. The summed E-state index contributed by atoms with van der Waals surface area (Å²) in [6, 6.07) is 5.81. The highest BCUT2D eigenvalue weighted by Crippen LogP contribution is 2.30. The van der Waals surface area contributed by atoms with E-state index in [1.54, 1.807) is 0 Å². The van der Waals surface area contributed by atoms with Gasteiger partial charge in [0, 0.05) is 16.6 Å². The molecule has 2 unspecified atom stereocenters. The lowest BCUT2D eigenvalue weighted by atomic mass is 9.98. The van der Waals surface area contributed by atoms with E-state index < -0.39 is 0 Å². The van der Waals surface area contributed by atoms with Gasteiger partial charge in [-0.2, -0.15) is 0 Å². The molecule has 0 heterocycles. The highest BCUT2D eigenvalue weighted by Gasteiger charge is 2.23. The van der Waals surface area contributed by atoms with Crippen LogP contribution in [-0.4, -0.2) is 12.5 Å². The summed E-state index contributed by atoms with van der Waals surface area (Å²) in [5, 5.41) is 3.07. The first-order chi connectivity index (χ1) is 8.56. The molecule has 2 atom stereocenters. The molecule has 1 fully saturated rings. The normalized spacial score (nSPS) is 23.1. The molecule has 2 nitrogen and oxygen atoms in total. The fourth-order valence-corrected chi connectivity index (χ4v) is 3.33. The Balaban J connectivity index is 1.95. The molecule has 1 N–H and O–H groups in total. The van der Waals surface area contributed by atoms with E-state index in [1.165, 1.54) is 19.3 Å². The first-order valence-electron chi connectivity index (χ1n) is 6.61. The topological polar surface area (TPSA) is 29.1 Å². The van der Waals surface area contributed by atoms with Gasteiger partial charge in [-0.3, -0.25) is 4.79 Å². The van der Waals surface area contributed by atoms with Gasteiger partial charge < -0.3 is 5.32 Å². The number of hydrogen-bond donors (Lipinski definition) is 1. The third-order valence-electron chi connectivity index (χ3n) is 3.87. The Morgan fingerprint density at radius 1 is 1.39 bits per heavy atom. The molecule has 0 aliphatic heterocycles. The van der Waals surface area contributed by atoms with Crippen LogP contribution in [0.25, 0.3) is 0 Å². The predicted octanol–water partition coefficient (Wildman–Crippen LogP) is 3.92. The third kappa shape index (κ3) is 3.35. The molecular weight excluding hydrogens is 290 g/mol. The van der Waals surface area contributed by atoms with Gasteiger partial charge in [-0.1, -0.05) is 35.7 Å². The molecule has 1 aromatic carbocycles. The number of aryl methyl sites for hydroxylation is 1. The standard InChI is InChI=1S/C15H20BrNO/c1-10-6-13(8-14(16)7-10)15(18)17-9-12-5-3-4-11(12)2/h6-8,11-12H,3-5,9H2,1-2H3,(H,17,18). The van der Waals surface area contributed by atoms with Crippen molar-refractivity contribution in [2.24, 2.45) is 11.8 Å². The first-order valence-corrected chi connectivity index (χ1v) is 7.41. The van der Waals surface area contributed by atoms with E-state index in [1.807, 2.05) is 25.1 Å². The SMILES string of the molecule is Cc1cc(Br)cc(C(=O)NCC2CCCC2C)c1. The maximum Gasteiger partial charge on any atom is 0.251 e. The van der Waals surface area contributed by atoms with Crippen LogP contribution in [0.15, 0.2) is 22.7 Å². The Bertz CT molecular complexity index is 424. The van der Waals surface area contributed by atoms with Gasteiger partial charge in [0.1, 0.15) is 0 Å². The number of nitrogens with one attached hydrogen (secondary N) is 1. The molecule has 1 aliphatic carbocycles. The summed E-state index contributed by atoms with van der Waals surface area (Å²) >= 11 is 3.43. The van der Waals surface area contributed by atoms with Gasteiger partial charge in [0.2, 0.25) is 0 Å². The summed E-state index contributed by atoms with van der Waals surface area (Å²) in [5.41, 5.74) is 1.84. The van der Waals surface area contributed by atoms with Gasteiger partial charge in [0.15, 0.2) is 0 Å². The molecule has 0 saturated heterocycles.